The summed E-state index contributed by atoms with van der Waals surface area (Å²) in [6.45, 7) is 0.748. The molecule has 8 heteroatoms. The van der Waals surface area contributed by atoms with E-state index in [1.807, 2.05) is 12.1 Å². The standard InChI is InChI=1S/C17H15ClN4O2S/c1-24-9-8-22(16(23)12-4-2-6-14(18)10-12)17-21-20-15(25-17)13-5-3-7-19-11-13/h2-7,10-11H,8-9H2,1H3. The molecular weight excluding hydrogens is 360 g/mol. The van der Waals surface area contributed by atoms with Crippen molar-refractivity contribution in [3.63, 3.8) is 0 Å². The fraction of sp³-hybridized carbons (Fsp3) is 0.176. The van der Waals surface area contributed by atoms with Crippen molar-refractivity contribution in [1.29, 1.82) is 0 Å². The van der Waals surface area contributed by atoms with Crippen molar-refractivity contribution >= 4 is 34.0 Å². The van der Waals surface area contributed by atoms with Crippen LogP contribution in [0.1, 0.15) is 10.4 Å². The molecule has 128 valence electrons. The average Bonchev–Trinajstić information content (AvgIpc) is 3.12. The molecule has 2 aromatic heterocycles. The Morgan fingerprint density at radius 3 is 2.88 bits per heavy atom. The predicted molar refractivity (Wildman–Crippen MR) is 98.1 cm³/mol. The second-order valence-corrected chi connectivity index (χ2v) is 6.48. The molecule has 0 unspecified atom stereocenters. The number of methoxy groups -OCH3 is 1. The highest BCUT2D eigenvalue weighted by Crippen LogP contribution is 2.29. The van der Waals surface area contributed by atoms with E-state index in [4.69, 9.17) is 16.3 Å². The second-order valence-electron chi connectivity index (χ2n) is 5.09. The summed E-state index contributed by atoms with van der Waals surface area (Å²) in [7, 11) is 1.59. The predicted octanol–water partition coefficient (Wildman–Crippen LogP) is 3.55. The summed E-state index contributed by atoms with van der Waals surface area (Å²) >= 11 is 7.33. The van der Waals surface area contributed by atoms with Gasteiger partial charge in [0.1, 0.15) is 0 Å². The number of hydrogen-bond acceptors (Lipinski definition) is 6. The van der Waals surface area contributed by atoms with E-state index in [1.54, 1.807) is 48.7 Å². The second kappa shape index (κ2) is 8.15. The molecule has 0 atom stereocenters. The molecule has 25 heavy (non-hydrogen) atoms. The molecule has 0 saturated carbocycles. The van der Waals surface area contributed by atoms with Crippen LogP contribution in [0.5, 0.6) is 0 Å². The summed E-state index contributed by atoms with van der Waals surface area (Å²) in [6.07, 6.45) is 3.40. The van der Waals surface area contributed by atoms with Crippen molar-refractivity contribution in [3.05, 3.63) is 59.4 Å². The van der Waals surface area contributed by atoms with Crippen LogP contribution in [-0.2, 0) is 4.74 Å². The van der Waals surface area contributed by atoms with Crippen molar-refractivity contribution in [2.45, 2.75) is 0 Å². The fourth-order valence-corrected chi connectivity index (χ4v) is 3.22. The number of carbonyl (C=O) groups is 1. The molecule has 1 amide bonds. The van der Waals surface area contributed by atoms with Crippen LogP contribution in [0.15, 0.2) is 48.8 Å². The molecule has 3 aromatic rings. The number of ether oxygens (including phenoxy) is 1. The van der Waals surface area contributed by atoms with Crippen molar-refractivity contribution in [1.82, 2.24) is 15.2 Å². The molecule has 0 bridgehead atoms. The maximum absolute atomic E-state index is 12.9. The summed E-state index contributed by atoms with van der Waals surface area (Å²) in [5.41, 5.74) is 1.34. The lowest BCUT2D eigenvalue weighted by Gasteiger charge is -2.19. The zero-order valence-electron chi connectivity index (χ0n) is 13.4. The lowest BCUT2D eigenvalue weighted by Crippen LogP contribution is -2.33. The van der Waals surface area contributed by atoms with E-state index in [9.17, 15) is 4.79 Å². The Kier molecular flexibility index (Phi) is 5.70. The Morgan fingerprint density at radius 2 is 2.16 bits per heavy atom. The normalized spacial score (nSPS) is 10.6. The molecule has 0 aliphatic carbocycles. The van der Waals surface area contributed by atoms with Crippen LogP contribution < -0.4 is 4.90 Å². The Hall–Kier alpha value is -2.35. The largest absolute Gasteiger partial charge is 0.383 e. The van der Waals surface area contributed by atoms with Gasteiger partial charge < -0.3 is 4.74 Å². The number of carbonyl (C=O) groups excluding carboxylic acids is 1. The zero-order valence-corrected chi connectivity index (χ0v) is 15.0. The van der Waals surface area contributed by atoms with Gasteiger partial charge >= 0.3 is 0 Å². The van der Waals surface area contributed by atoms with Crippen LogP contribution in [0.25, 0.3) is 10.6 Å². The third kappa shape index (κ3) is 4.19. The van der Waals surface area contributed by atoms with Crippen molar-refractivity contribution in [2.75, 3.05) is 25.2 Å². The molecule has 0 N–H and O–H groups in total. The smallest absolute Gasteiger partial charge is 0.260 e. The number of hydrogen-bond donors (Lipinski definition) is 0. The minimum absolute atomic E-state index is 0.201. The van der Waals surface area contributed by atoms with E-state index in [2.05, 4.69) is 15.2 Å². The fourth-order valence-electron chi connectivity index (χ4n) is 2.17. The Balaban J connectivity index is 1.91. The van der Waals surface area contributed by atoms with Crippen LogP contribution in [0.4, 0.5) is 5.13 Å². The third-order valence-corrected chi connectivity index (χ3v) is 4.62. The maximum atomic E-state index is 12.9. The van der Waals surface area contributed by atoms with Crippen LogP contribution >= 0.6 is 22.9 Å². The molecule has 6 nitrogen and oxygen atoms in total. The van der Waals surface area contributed by atoms with Crippen molar-refractivity contribution in [3.8, 4) is 10.6 Å². The Labute approximate surface area is 154 Å². The molecule has 0 fully saturated rings. The van der Waals surface area contributed by atoms with Gasteiger partial charge in [0, 0.05) is 35.7 Å². The van der Waals surface area contributed by atoms with Gasteiger partial charge in [-0.2, -0.15) is 0 Å². The lowest BCUT2D eigenvalue weighted by atomic mass is 10.2. The Morgan fingerprint density at radius 1 is 1.28 bits per heavy atom. The summed E-state index contributed by atoms with van der Waals surface area (Å²) in [5, 5.41) is 10.1. The Bertz CT molecular complexity index is 857. The molecule has 0 spiro atoms. The quantitative estimate of drug-likeness (QED) is 0.660. The average molecular weight is 375 g/mol. The number of aromatic nitrogens is 3. The van der Waals surface area contributed by atoms with E-state index in [0.29, 0.717) is 33.9 Å². The van der Waals surface area contributed by atoms with Gasteiger partial charge in [0.25, 0.3) is 5.91 Å². The van der Waals surface area contributed by atoms with E-state index < -0.39 is 0 Å². The molecule has 0 aliphatic rings. The van der Waals surface area contributed by atoms with E-state index in [-0.39, 0.29) is 5.91 Å². The number of anilines is 1. The number of pyridine rings is 1. The number of benzene rings is 1. The first-order valence-electron chi connectivity index (χ1n) is 7.49. The number of halogens is 1. The third-order valence-electron chi connectivity index (χ3n) is 3.39. The van der Waals surface area contributed by atoms with Crippen LogP contribution in [-0.4, -0.2) is 41.3 Å². The van der Waals surface area contributed by atoms with Gasteiger partial charge in [-0.1, -0.05) is 29.0 Å². The highest BCUT2D eigenvalue weighted by Gasteiger charge is 2.22. The van der Waals surface area contributed by atoms with Gasteiger partial charge in [-0.25, -0.2) is 0 Å². The number of rotatable bonds is 6. The van der Waals surface area contributed by atoms with Gasteiger partial charge in [0.15, 0.2) is 5.01 Å². The highest BCUT2D eigenvalue weighted by molar-refractivity contribution is 7.18. The van der Waals surface area contributed by atoms with Gasteiger partial charge in [0.2, 0.25) is 5.13 Å². The van der Waals surface area contributed by atoms with Crippen LogP contribution in [0.3, 0.4) is 0 Å². The molecule has 2 heterocycles. The van der Waals surface area contributed by atoms with Gasteiger partial charge in [-0.15, -0.1) is 10.2 Å². The van der Waals surface area contributed by atoms with E-state index in [0.717, 1.165) is 5.56 Å². The van der Waals surface area contributed by atoms with Crippen LogP contribution in [0.2, 0.25) is 5.02 Å². The first-order valence-corrected chi connectivity index (χ1v) is 8.69. The van der Waals surface area contributed by atoms with Gasteiger partial charge in [-0.05, 0) is 30.3 Å². The number of amides is 1. The number of nitrogens with zero attached hydrogens (tertiary/aromatic N) is 4. The van der Waals surface area contributed by atoms with Crippen molar-refractivity contribution < 1.29 is 9.53 Å². The zero-order chi connectivity index (χ0) is 17.6. The first kappa shape index (κ1) is 17.5. The first-order chi connectivity index (χ1) is 12.2. The minimum atomic E-state index is -0.201. The molecule has 1 aromatic carbocycles. The monoisotopic (exact) mass is 374 g/mol. The van der Waals surface area contributed by atoms with Gasteiger partial charge in [0.05, 0.1) is 13.2 Å². The SMILES string of the molecule is COCCN(C(=O)c1cccc(Cl)c1)c1nnc(-c2cccnc2)s1. The molecule has 0 radical (unpaired) electrons. The molecule has 0 aliphatic heterocycles. The minimum Gasteiger partial charge on any atom is -0.383 e. The summed E-state index contributed by atoms with van der Waals surface area (Å²) < 4.78 is 5.12. The maximum Gasteiger partial charge on any atom is 0.260 e. The van der Waals surface area contributed by atoms with Gasteiger partial charge in [-0.3, -0.25) is 14.7 Å². The topological polar surface area (TPSA) is 68.2 Å². The molecule has 3 rings (SSSR count). The van der Waals surface area contributed by atoms with Crippen molar-refractivity contribution in [2.24, 2.45) is 0 Å². The van der Waals surface area contributed by atoms with Crippen LogP contribution in [0, 0.1) is 0 Å². The summed E-state index contributed by atoms with van der Waals surface area (Å²) in [4.78, 5) is 18.5. The molecule has 0 saturated heterocycles. The highest BCUT2D eigenvalue weighted by atomic mass is 35.5. The lowest BCUT2D eigenvalue weighted by molar-refractivity contribution is 0.0975. The molecular formula is C17H15ClN4O2S. The van der Waals surface area contributed by atoms with E-state index in [1.165, 1.54) is 11.3 Å². The summed E-state index contributed by atoms with van der Waals surface area (Å²) in [6, 6.07) is 10.5. The summed E-state index contributed by atoms with van der Waals surface area (Å²) in [5.74, 6) is -0.201. The van der Waals surface area contributed by atoms with E-state index >= 15 is 0 Å².